The Bertz CT molecular complexity index is 1610. The normalized spacial score (nSPS) is 21.5. The van der Waals surface area contributed by atoms with Crippen molar-refractivity contribution in [2.75, 3.05) is 23.8 Å². The summed E-state index contributed by atoms with van der Waals surface area (Å²) in [6, 6.07) is 37.7. The van der Waals surface area contributed by atoms with Crippen LogP contribution in [0.3, 0.4) is 0 Å². The van der Waals surface area contributed by atoms with Gasteiger partial charge in [-0.05, 0) is 35.9 Å². The Labute approximate surface area is 224 Å². The highest BCUT2D eigenvalue weighted by atomic mass is 31.2. The molecule has 0 saturated carbocycles. The lowest BCUT2D eigenvalue weighted by molar-refractivity contribution is 0.416. The molecule has 4 aromatic carbocycles. The highest BCUT2D eigenvalue weighted by molar-refractivity contribution is 7.80. The minimum Gasteiger partial charge on any atom is -0.494 e. The molecule has 0 aliphatic carbocycles. The minimum absolute atomic E-state index is 0.240. The molecule has 0 fully saturated rings. The monoisotopic (exact) mass is 518 g/mol. The van der Waals surface area contributed by atoms with Crippen LogP contribution in [-0.2, 0) is 5.41 Å². The first-order chi connectivity index (χ1) is 18.5. The fourth-order valence-corrected chi connectivity index (χ4v) is 9.41. The second kappa shape index (κ2) is 9.34. The number of anilines is 2. The molecule has 2 aliphatic rings. The molecule has 0 spiro atoms. The number of fused-ring (bicyclic) bond motifs is 1. The largest absolute Gasteiger partial charge is 0.494 e. The van der Waals surface area contributed by atoms with Gasteiger partial charge in [-0.2, -0.15) is 5.10 Å². The predicted octanol–water partition coefficient (Wildman–Crippen LogP) is 7.91. The predicted molar refractivity (Wildman–Crippen MR) is 160 cm³/mol. The molecule has 0 unspecified atom stereocenters. The number of benzene rings is 4. The molecule has 6 heteroatoms. The van der Waals surface area contributed by atoms with Crippen LogP contribution in [0.25, 0.3) is 0 Å². The van der Waals surface area contributed by atoms with Gasteiger partial charge in [-0.15, -0.1) is 0 Å². The summed E-state index contributed by atoms with van der Waals surface area (Å²) in [5.74, 6) is 0.745. The maximum Gasteiger partial charge on any atom is 0.144 e. The van der Waals surface area contributed by atoms with Gasteiger partial charge in [0.1, 0.15) is 18.6 Å². The van der Waals surface area contributed by atoms with Crippen LogP contribution in [0.2, 0.25) is 0 Å². The molecule has 2 aliphatic heterocycles. The number of rotatable bonds is 4. The van der Waals surface area contributed by atoms with Gasteiger partial charge in [-0.3, -0.25) is 0 Å². The Balaban J connectivity index is 1.76. The second-order valence-electron chi connectivity index (χ2n) is 10.0. The van der Waals surface area contributed by atoms with E-state index in [9.17, 15) is 0 Å². The summed E-state index contributed by atoms with van der Waals surface area (Å²) in [6.07, 6.45) is 2.05. The van der Waals surface area contributed by atoms with E-state index in [1.54, 1.807) is 7.11 Å². The van der Waals surface area contributed by atoms with Crippen molar-refractivity contribution in [1.29, 1.82) is 0 Å². The Morgan fingerprint density at radius 2 is 1.42 bits per heavy atom. The van der Waals surface area contributed by atoms with Crippen molar-refractivity contribution < 1.29 is 4.74 Å². The molecule has 190 valence electrons. The van der Waals surface area contributed by atoms with E-state index in [2.05, 4.69) is 109 Å². The lowest BCUT2D eigenvalue weighted by Gasteiger charge is -2.35. The van der Waals surface area contributed by atoms with Crippen LogP contribution in [0.5, 0.6) is 5.75 Å². The topological polar surface area (TPSA) is 40.4 Å². The summed E-state index contributed by atoms with van der Waals surface area (Å²) >= 11 is 0. The fourth-order valence-electron chi connectivity index (χ4n) is 5.73. The Morgan fingerprint density at radius 1 is 0.789 bits per heavy atom. The molecule has 6 rings (SSSR count). The van der Waals surface area contributed by atoms with Gasteiger partial charge in [0.2, 0.25) is 0 Å². The van der Waals surface area contributed by atoms with Crippen molar-refractivity contribution in [2.24, 2.45) is 9.85 Å². The van der Waals surface area contributed by atoms with E-state index in [0.29, 0.717) is 0 Å². The number of hydrogen-bond acceptors (Lipinski definition) is 4. The third kappa shape index (κ3) is 3.61. The van der Waals surface area contributed by atoms with E-state index in [4.69, 9.17) is 14.6 Å². The molecule has 0 N–H and O–H groups in total. The second-order valence-corrected chi connectivity index (χ2v) is 12.8. The molecule has 2 heterocycles. The van der Waals surface area contributed by atoms with Crippen molar-refractivity contribution in [1.82, 2.24) is 0 Å². The molecule has 0 radical (unpaired) electrons. The van der Waals surface area contributed by atoms with Gasteiger partial charge < -0.3 is 9.64 Å². The minimum atomic E-state index is -2.70. The summed E-state index contributed by atoms with van der Waals surface area (Å²) in [5, 5.41) is 7.39. The first-order valence-corrected chi connectivity index (χ1v) is 14.5. The standard InChI is InChI=1S/C32H31N4OP/c1-32(2)26-19-11-13-21-28(26)35(3)31(32)30-23-33-36(24-15-7-5-8-16-24)38(30,25-17-9-6-10-18-25)34-27-20-12-14-22-29(27)37-4/h5-23H,1-4H3/b31-30+/t38-/m0/s1. The van der Waals surface area contributed by atoms with Crippen molar-refractivity contribution in [3.63, 3.8) is 0 Å². The van der Waals surface area contributed by atoms with E-state index in [0.717, 1.165) is 27.7 Å². The molecular formula is C32H31N4OP. The molecule has 0 saturated heterocycles. The SMILES string of the molecule is COc1ccccc1N=[P@]1(c2ccccc2)/C(=C2/N(C)c3ccccc3C2(C)C)C=NN1c1ccccc1. The molecule has 0 aromatic heterocycles. The zero-order chi connectivity index (χ0) is 26.3. The van der Waals surface area contributed by atoms with Crippen molar-refractivity contribution >= 4 is 35.8 Å². The Kier molecular flexibility index (Phi) is 5.97. The molecular weight excluding hydrogens is 487 g/mol. The van der Waals surface area contributed by atoms with E-state index < -0.39 is 7.21 Å². The van der Waals surface area contributed by atoms with E-state index in [1.165, 1.54) is 16.9 Å². The van der Waals surface area contributed by atoms with Crippen molar-refractivity contribution in [2.45, 2.75) is 19.3 Å². The van der Waals surface area contributed by atoms with Gasteiger partial charge in [-0.25, -0.2) is 9.52 Å². The number of allylic oxidation sites excluding steroid dienone is 2. The summed E-state index contributed by atoms with van der Waals surface area (Å²) in [5.41, 5.74) is 5.32. The lowest BCUT2D eigenvalue weighted by atomic mass is 9.84. The molecule has 38 heavy (non-hydrogen) atoms. The van der Waals surface area contributed by atoms with Crippen molar-refractivity contribution in [3.05, 3.63) is 126 Å². The van der Waals surface area contributed by atoms with Gasteiger partial charge in [0.05, 0.1) is 24.3 Å². The highest BCUT2D eigenvalue weighted by Crippen LogP contribution is 2.68. The zero-order valence-corrected chi connectivity index (χ0v) is 23.0. The van der Waals surface area contributed by atoms with Gasteiger partial charge in [0.25, 0.3) is 0 Å². The zero-order valence-electron chi connectivity index (χ0n) is 22.1. The van der Waals surface area contributed by atoms with E-state index in [1.807, 2.05) is 36.5 Å². The lowest BCUT2D eigenvalue weighted by Crippen LogP contribution is -2.27. The average molecular weight is 519 g/mol. The summed E-state index contributed by atoms with van der Waals surface area (Å²) in [7, 11) is 1.16. The quantitative estimate of drug-likeness (QED) is 0.258. The summed E-state index contributed by atoms with van der Waals surface area (Å²) < 4.78 is 13.6. The molecule has 4 aromatic rings. The number of hydrogen-bond donors (Lipinski definition) is 0. The average Bonchev–Trinajstić information content (AvgIpc) is 3.42. The maximum atomic E-state index is 5.79. The van der Waals surface area contributed by atoms with Crippen LogP contribution in [0, 0.1) is 0 Å². The third-order valence-corrected chi connectivity index (χ3v) is 10.9. The van der Waals surface area contributed by atoms with Gasteiger partial charge in [-0.1, -0.05) is 92.7 Å². The molecule has 5 nitrogen and oxygen atoms in total. The fraction of sp³-hybridized carbons (Fsp3) is 0.156. The van der Waals surface area contributed by atoms with Crippen LogP contribution >= 0.6 is 7.21 Å². The number of nitrogens with zero attached hydrogens (tertiary/aromatic N) is 4. The van der Waals surface area contributed by atoms with Crippen LogP contribution in [0.1, 0.15) is 19.4 Å². The first kappa shape index (κ1) is 24.3. The number of likely N-dealkylation sites (N-methyl/N-ethyl adjacent to an activating group) is 1. The molecule has 0 amide bonds. The maximum absolute atomic E-state index is 5.79. The summed E-state index contributed by atoms with van der Waals surface area (Å²) in [6.45, 7) is 4.61. The van der Waals surface area contributed by atoms with Gasteiger partial charge in [0.15, 0.2) is 0 Å². The van der Waals surface area contributed by atoms with Crippen LogP contribution in [-0.4, -0.2) is 20.4 Å². The summed E-state index contributed by atoms with van der Waals surface area (Å²) in [4.78, 5) is 2.33. The Hall–Kier alpha value is -4.08. The number of hydrazone groups is 1. The van der Waals surface area contributed by atoms with E-state index in [-0.39, 0.29) is 5.41 Å². The van der Waals surface area contributed by atoms with Crippen molar-refractivity contribution in [3.8, 4) is 5.75 Å². The smallest absolute Gasteiger partial charge is 0.144 e. The first-order valence-electron chi connectivity index (χ1n) is 12.8. The van der Waals surface area contributed by atoms with Crippen LogP contribution in [0.4, 0.5) is 17.1 Å². The third-order valence-electron chi connectivity index (χ3n) is 7.45. The van der Waals surface area contributed by atoms with Crippen LogP contribution in [0.15, 0.2) is 130 Å². The van der Waals surface area contributed by atoms with Gasteiger partial charge >= 0.3 is 0 Å². The number of methoxy groups -OCH3 is 1. The number of ether oxygens (including phenoxy) is 1. The molecule has 0 bridgehead atoms. The van der Waals surface area contributed by atoms with E-state index >= 15 is 0 Å². The van der Waals surface area contributed by atoms with Gasteiger partial charge in [0, 0.05) is 29.2 Å². The number of para-hydroxylation sites is 3. The highest BCUT2D eigenvalue weighted by Gasteiger charge is 2.47. The van der Waals surface area contributed by atoms with Crippen LogP contribution < -0.4 is 19.7 Å². The Morgan fingerprint density at radius 3 is 2.13 bits per heavy atom. The molecule has 1 atom stereocenters.